The molecule has 0 bridgehead atoms. The highest BCUT2D eigenvalue weighted by Gasteiger charge is 2.34. The topological polar surface area (TPSA) is 104 Å². The number of hydrogen-bond acceptors (Lipinski definition) is 5. The Bertz CT molecular complexity index is 1200. The smallest absolute Gasteiger partial charge is 0.303 e. The van der Waals surface area contributed by atoms with Crippen molar-refractivity contribution in [3.05, 3.63) is 101 Å². The van der Waals surface area contributed by atoms with E-state index >= 15 is 0 Å². The summed E-state index contributed by atoms with van der Waals surface area (Å²) in [5.41, 5.74) is 1.94. The van der Waals surface area contributed by atoms with Gasteiger partial charge in [0, 0.05) is 24.0 Å². The lowest BCUT2D eigenvalue weighted by Crippen LogP contribution is -2.21. The molecule has 0 fully saturated rings. The molecule has 0 saturated carbocycles. The zero-order valence-electron chi connectivity index (χ0n) is 18.6. The number of Topliss-reactive ketones (excluding diaryl/α,β-unsaturated/α-hetero) is 1. The first-order valence-corrected chi connectivity index (χ1v) is 11.2. The van der Waals surface area contributed by atoms with Crippen molar-refractivity contribution < 1.29 is 29.6 Å². The minimum absolute atomic E-state index is 0.0596. The van der Waals surface area contributed by atoms with E-state index in [2.05, 4.69) is 0 Å². The van der Waals surface area contributed by atoms with E-state index in [0.29, 0.717) is 12.8 Å². The largest absolute Gasteiger partial charge is 0.507 e. The fraction of sp³-hybridized carbons (Fsp3) is 0.214. The molecule has 1 heterocycles. The molecule has 1 aliphatic rings. The summed E-state index contributed by atoms with van der Waals surface area (Å²) >= 11 is 0. The minimum Gasteiger partial charge on any atom is -0.507 e. The van der Waals surface area contributed by atoms with E-state index in [0.717, 1.165) is 11.1 Å². The Hall–Kier alpha value is -4.06. The molecule has 0 spiro atoms. The Balaban J connectivity index is 1.71. The highest BCUT2D eigenvalue weighted by Crippen LogP contribution is 2.48. The van der Waals surface area contributed by atoms with E-state index in [-0.39, 0.29) is 47.0 Å². The Labute approximate surface area is 197 Å². The Morgan fingerprint density at radius 2 is 1.74 bits per heavy atom. The predicted octanol–water partition coefficient (Wildman–Crippen LogP) is 5.75. The van der Waals surface area contributed by atoms with Crippen LogP contribution in [0.5, 0.6) is 17.2 Å². The SMILES string of the molecule is O=C(O)CCC/C=C/C(c1ccccc1)c1c(O)cc2c(c1O)C(=O)C[C@H](c1ccccc1)O2. The second kappa shape index (κ2) is 10.3. The van der Waals surface area contributed by atoms with Gasteiger partial charge in [0.2, 0.25) is 0 Å². The van der Waals surface area contributed by atoms with Crippen LogP contribution < -0.4 is 4.74 Å². The van der Waals surface area contributed by atoms with Crippen molar-refractivity contribution in [2.45, 2.75) is 37.7 Å². The molecular weight excluding hydrogens is 432 g/mol. The fourth-order valence-corrected chi connectivity index (χ4v) is 4.27. The molecule has 0 amide bonds. The molecule has 0 aliphatic carbocycles. The Morgan fingerprint density at radius 3 is 2.41 bits per heavy atom. The summed E-state index contributed by atoms with van der Waals surface area (Å²) in [6, 6.07) is 20.1. The summed E-state index contributed by atoms with van der Waals surface area (Å²) in [7, 11) is 0. The molecule has 6 heteroatoms. The van der Waals surface area contributed by atoms with Crippen molar-refractivity contribution in [3.8, 4) is 17.2 Å². The number of fused-ring (bicyclic) bond motifs is 1. The number of ketones is 1. The molecule has 0 radical (unpaired) electrons. The van der Waals surface area contributed by atoms with E-state index in [9.17, 15) is 19.8 Å². The van der Waals surface area contributed by atoms with Crippen LogP contribution in [0.1, 0.15) is 64.8 Å². The lowest BCUT2D eigenvalue weighted by atomic mass is 9.85. The molecule has 6 nitrogen and oxygen atoms in total. The summed E-state index contributed by atoms with van der Waals surface area (Å²) in [4.78, 5) is 23.9. The minimum atomic E-state index is -0.856. The maximum atomic E-state index is 13.1. The van der Waals surface area contributed by atoms with Crippen LogP contribution >= 0.6 is 0 Å². The third-order valence-corrected chi connectivity index (χ3v) is 5.93. The number of hydrogen-bond donors (Lipinski definition) is 3. The third kappa shape index (κ3) is 4.96. The van der Waals surface area contributed by atoms with Crippen LogP contribution in [0.4, 0.5) is 0 Å². The zero-order valence-corrected chi connectivity index (χ0v) is 18.6. The molecule has 0 saturated heterocycles. The predicted molar refractivity (Wildman–Crippen MR) is 127 cm³/mol. The van der Waals surface area contributed by atoms with Gasteiger partial charge in [0.1, 0.15) is 28.9 Å². The van der Waals surface area contributed by atoms with Crippen LogP contribution in [0.3, 0.4) is 0 Å². The maximum absolute atomic E-state index is 13.1. The van der Waals surface area contributed by atoms with Crippen molar-refractivity contribution >= 4 is 11.8 Å². The Morgan fingerprint density at radius 1 is 1.06 bits per heavy atom. The number of rotatable bonds is 8. The molecule has 3 aromatic rings. The van der Waals surface area contributed by atoms with E-state index in [1.807, 2.05) is 72.8 Å². The summed E-state index contributed by atoms with van der Waals surface area (Å²) in [5, 5.41) is 31.0. The number of aliphatic carboxylic acids is 1. The standard InChI is InChI=1S/C28H26O6/c29-21-17-24-27(22(30)16-23(34-24)19-12-6-2-7-13-19)28(33)26(21)20(18-10-4-1-5-11-18)14-8-3-9-15-25(31)32/h1-2,4-8,10-14,17,20,23,29,33H,3,9,15-16H2,(H,31,32)/b14-8+/t20?,23-/m1/s1. The van der Waals surface area contributed by atoms with Gasteiger partial charge in [0.25, 0.3) is 0 Å². The number of aromatic hydroxyl groups is 2. The number of benzene rings is 3. The van der Waals surface area contributed by atoms with Gasteiger partial charge in [-0.2, -0.15) is 0 Å². The quantitative estimate of drug-likeness (QED) is 0.293. The number of carboxylic acid groups (broad SMARTS) is 1. The number of allylic oxidation sites excluding steroid dienone is 2. The molecule has 4 rings (SSSR count). The van der Waals surface area contributed by atoms with Crippen LogP contribution in [0.15, 0.2) is 78.9 Å². The van der Waals surface area contributed by atoms with Gasteiger partial charge in [-0.3, -0.25) is 9.59 Å². The zero-order chi connectivity index (χ0) is 24.1. The number of phenols is 2. The van der Waals surface area contributed by atoms with E-state index in [4.69, 9.17) is 9.84 Å². The number of phenolic OH excluding ortho intramolecular Hbond substituents is 2. The number of carbonyl (C=O) groups is 2. The molecule has 3 N–H and O–H groups in total. The third-order valence-electron chi connectivity index (χ3n) is 5.93. The van der Waals surface area contributed by atoms with Crippen LogP contribution in [0.25, 0.3) is 0 Å². The molecular formula is C28H26O6. The van der Waals surface area contributed by atoms with E-state index in [1.165, 1.54) is 6.07 Å². The fourth-order valence-electron chi connectivity index (χ4n) is 4.27. The van der Waals surface area contributed by atoms with Gasteiger partial charge in [-0.1, -0.05) is 72.8 Å². The van der Waals surface area contributed by atoms with Crippen molar-refractivity contribution in [1.82, 2.24) is 0 Å². The van der Waals surface area contributed by atoms with Crippen molar-refractivity contribution in [3.63, 3.8) is 0 Å². The molecule has 0 aromatic heterocycles. The summed E-state index contributed by atoms with van der Waals surface area (Å²) < 4.78 is 6.01. The van der Waals surface area contributed by atoms with Crippen molar-refractivity contribution in [2.75, 3.05) is 0 Å². The van der Waals surface area contributed by atoms with Gasteiger partial charge >= 0.3 is 5.97 Å². The number of ether oxygens (including phenoxy) is 1. The number of unbranched alkanes of at least 4 members (excludes halogenated alkanes) is 1. The van der Waals surface area contributed by atoms with Crippen LogP contribution in [-0.4, -0.2) is 27.1 Å². The first-order chi connectivity index (χ1) is 16.5. The average Bonchev–Trinajstić information content (AvgIpc) is 2.83. The normalized spacial score (nSPS) is 16.1. The van der Waals surface area contributed by atoms with Crippen LogP contribution in [0, 0.1) is 0 Å². The first kappa shape index (κ1) is 23.1. The molecule has 2 atom stereocenters. The molecule has 34 heavy (non-hydrogen) atoms. The lowest BCUT2D eigenvalue weighted by molar-refractivity contribution is -0.137. The molecule has 1 aliphatic heterocycles. The Kier molecular flexibility index (Phi) is 6.97. The van der Waals surface area contributed by atoms with Crippen molar-refractivity contribution in [2.24, 2.45) is 0 Å². The summed E-state index contributed by atoms with van der Waals surface area (Å²) in [6.45, 7) is 0. The monoisotopic (exact) mass is 458 g/mol. The molecule has 3 aromatic carbocycles. The molecule has 174 valence electrons. The lowest BCUT2D eigenvalue weighted by Gasteiger charge is -2.28. The van der Waals surface area contributed by atoms with Crippen LogP contribution in [0.2, 0.25) is 0 Å². The van der Waals surface area contributed by atoms with Gasteiger partial charge in [0.05, 0.1) is 6.42 Å². The van der Waals surface area contributed by atoms with Gasteiger partial charge in [0.15, 0.2) is 5.78 Å². The van der Waals surface area contributed by atoms with Gasteiger partial charge < -0.3 is 20.1 Å². The van der Waals surface area contributed by atoms with E-state index < -0.39 is 18.0 Å². The van der Waals surface area contributed by atoms with E-state index in [1.54, 1.807) is 0 Å². The average molecular weight is 459 g/mol. The molecule has 1 unspecified atom stereocenters. The second-order valence-corrected chi connectivity index (χ2v) is 8.28. The summed E-state index contributed by atoms with van der Waals surface area (Å²) in [5.74, 6) is -1.97. The number of carbonyl (C=O) groups excluding carboxylic acids is 1. The number of carboxylic acids is 1. The van der Waals surface area contributed by atoms with Gasteiger partial charge in [-0.25, -0.2) is 0 Å². The highest BCUT2D eigenvalue weighted by atomic mass is 16.5. The highest BCUT2D eigenvalue weighted by molar-refractivity contribution is 6.03. The van der Waals surface area contributed by atoms with Gasteiger partial charge in [-0.05, 0) is 24.0 Å². The van der Waals surface area contributed by atoms with Crippen LogP contribution in [-0.2, 0) is 4.79 Å². The second-order valence-electron chi connectivity index (χ2n) is 8.28. The summed E-state index contributed by atoms with van der Waals surface area (Å²) in [6.07, 6.45) is 4.30. The maximum Gasteiger partial charge on any atom is 0.303 e. The first-order valence-electron chi connectivity index (χ1n) is 11.2. The van der Waals surface area contributed by atoms with Crippen molar-refractivity contribution in [1.29, 1.82) is 0 Å². The van der Waals surface area contributed by atoms with Gasteiger partial charge in [-0.15, -0.1) is 0 Å².